The smallest absolute Gasteiger partial charge is 0.122 e. The fourth-order valence-electron chi connectivity index (χ4n) is 4.41. The third-order valence-corrected chi connectivity index (χ3v) is 5.53. The number of hydrogen-bond donors (Lipinski definition) is 1. The number of benzene rings is 1. The lowest BCUT2D eigenvalue weighted by atomic mass is 9.80. The van der Waals surface area contributed by atoms with E-state index in [0.29, 0.717) is 12.0 Å². The Morgan fingerprint density at radius 3 is 2.86 bits per heavy atom. The maximum atomic E-state index is 5.82. The number of fused-ring (bicyclic) bond motifs is 1. The van der Waals surface area contributed by atoms with E-state index in [4.69, 9.17) is 4.74 Å². The molecule has 1 aromatic carbocycles. The highest BCUT2D eigenvalue weighted by Crippen LogP contribution is 2.41. The number of rotatable bonds is 5. The topological polar surface area (TPSA) is 21.3 Å². The van der Waals surface area contributed by atoms with Gasteiger partial charge in [0.05, 0.1) is 6.61 Å². The zero-order valence-corrected chi connectivity index (χ0v) is 13.5. The second kappa shape index (κ2) is 6.83. The maximum Gasteiger partial charge on any atom is 0.122 e. The van der Waals surface area contributed by atoms with E-state index in [-0.39, 0.29) is 0 Å². The standard InChI is InChI=1S/C19H29NO/c1-3-20-18(16-9-6-7-14(16)2)13-15-11-12-21-19-10-5-4-8-17(15)19/h4-5,8,10,14-16,18,20H,3,6-7,9,11-13H2,1-2H3. The van der Waals surface area contributed by atoms with E-state index in [0.717, 1.165) is 30.7 Å². The highest BCUT2D eigenvalue weighted by Gasteiger charge is 2.33. The summed E-state index contributed by atoms with van der Waals surface area (Å²) in [4.78, 5) is 0. The molecular weight excluding hydrogens is 258 g/mol. The quantitative estimate of drug-likeness (QED) is 0.869. The molecule has 21 heavy (non-hydrogen) atoms. The first kappa shape index (κ1) is 14.9. The molecule has 2 aliphatic rings. The van der Waals surface area contributed by atoms with Gasteiger partial charge in [-0.2, -0.15) is 0 Å². The van der Waals surface area contributed by atoms with E-state index in [1.807, 2.05) is 0 Å². The molecule has 0 saturated heterocycles. The summed E-state index contributed by atoms with van der Waals surface area (Å²) in [5.74, 6) is 3.51. The molecule has 0 spiro atoms. The van der Waals surface area contributed by atoms with Crippen molar-refractivity contribution in [3.05, 3.63) is 29.8 Å². The minimum absolute atomic E-state index is 0.659. The van der Waals surface area contributed by atoms with Gasteiger partial charge in [-0.15, -0.1) is 0 Å². The van der Waals surface area contributed by atoms with Crippen molar-refractivity contribution in [2.24, 2.45) is 11.8 Å². The van der Waals surface area contributed by atoms with Crippen LogP contribution in [0.4, 0.5) is 0 Å². The van der Waals surface area contributed by atoms with Crippen LogP contribution < -0.4 is 10.1 Å². The monoisotopic (exact) mass is 287 g/mol. The number of ether oxygens (including phenoxy) is 1. The molecule has 0 radical (unpaired) electrons. The average Bonchev–Trinajstić information content (AvgIpc) is 2.93. The van der Waals surface area contributed by atoms with Gasteiger partial charge in [0.2, 0.25) is 0 Å². The molecule has 1 fully saturated rings. The molecule has 1 N–H and O–H groups in total. The van der Waals surface area contributed by atoms with Crippen LogP contribution in [0.1, 0.15) is 57.4 Å². The van der Waals surface area contributed by atoms with Gasteiger partial charge in [0, 0.05) is 6.04 Å². The lowest BCUT2D eigenvalue weighted by molar-refractivity contribution is 0.228. The number of nitrogens with one attached hydrogen (secondary N) is 1. The van der Waals surface area contributed by atoms with Gasteiger partial charge in [-0.1, -0.05) is 44.9 Å². The fraction of sp³-hybridized carbons (Fsp3) is 0.684. The van der Waals surface area contributed by atoms with Crippen molar-refractivity contribution in [1.29, 1.82) is 0 Å². The first-order valence-electron chi connectivity index (χ1n) is 8.74. The van der Waals surface area contributed by atoms with E-state index in [1.165, 1.54) is 37.7 Å². The average molecular weight is 287 g/mol. The highest BCUT2D eigenvalue weighted by molar-refractivity contribution is 5.37. The van der Waals surface area contributed by atoms with Crippen molar-refractivity contribution in [2.45, 2.75) is 57.9 Å². The molecule has 1 aliphatic carbocycles. The molecule has 1 aromatic rings. The zero-order valence-electron chi connectivity index (χ0n) is 13.5. The van der Waals surface area contributed by atoms with Gasteiger partial charge in [0.1, 0.15) is 5.75 Å². The Bertz CT molecular complexity index is 459. The molecule has 3 rings (SSSR count). The van der Waals surface area contributed by atoms with E-state index < -0.39 is 0 Å². The second-order valence-electron chi connectivity index (χ2n) is 6.84. The molecule has 4 atom stereocenters. The second-order valence-corrected chi connectivity index (χ2v) is 6.84. The van der Waals surface area contributed by atoms with E-state index in [1.54, 1.807) is 0 Å². The van der Waals surface area contributed by atoms with Crippen LogP contribution in [-0.4, -0.2) is 19.2 Å². The largest absolute Gasteiger partial charge is 0.493 e. The van der Waals surface area contributed by atoms with E-state index >= 15 is 0 Å². The number of para-hydroxylation sites is 1. The SMILES string of the molecule is CCNC(CC1CCOc2ccccc21)C1CCCC1C. The Kier molecular flexibility index (Phi) is 4.84. The molecule has 2 heteroatoms. The van der Waals surface area contributed by atoms with Crippen molar-refractivity contribution in [2.75, 3.05) is 13.2 Å². The van der Waals surface area contributed by atoms with E-state index in [2.05, 4.69) is 43.4 Å². The van der Waals surface area contributed by atoms with Crippen molar-refractivity contribution in [3.63, 3.8) is 0 Å². The van der Waals surface area contributed by atoms with Crippen molar-refractivity contribution >= 4 is 0 Å². The van der Waals surface area contributed by atoms with Gasteiger partial charge in [-0.05, 0) is 55.2 Å². The molecule has 0 aromatic heterocycles. The summed E-state index contributed by atoms with van der Waals surface area (Å²) in [6.07, 6.45) is 6.67. The molecule has 2 nitrogen and oxygen atoms in total. The first-order chi connectivity index (χ1) is 10.3. The molecule has 0 bridgehead atoms. The fourth-order valence-corrected chi connectivity index (χ4v) is 4.41. The van der Waals surface area contributed by atoms with Crippen LogP contribution in [0.5, 0.6) is 5.75 Å². The summed E-state index contributed by atoms with van der Waals surface area (Å²) in [5.41, 5.74) is 1.43. The Labute approximate surface area is 129 Å². The van der Waals surface area contributed by atoms with Crippen LogP contribution in [0.2, 0.25) is 0 Å². The highest BCUT2D eigenvalue weighted by atomic mass is 16.5. The van der Waals surface area contributed by atoms with Crippen LogP contribution >= 0.6 is 0 Å². The van der Waals surface area contributed by atoms with Crippen molar-refractivity contribution < 1.29 is 4.74 Å². The predicted octanol–water partition coefficient (Wildman–Crippen LogP) is 4.36. The number of hydrogen-bond acceptors (Lipinski definition) is 2. The molecule has 0 amide bonds. The van der Waals surface area contributed by atoms with Gasteiger partial charge < -0.3 is 10.1 Å². The van der Waals surface area contributed by atoms with Crippen LogP contribution in [0.3, 0.4) is 0 Å². The molecular formula is C19H29NO. The molecule has 1 saturated carbocycles. The molecule has 116 valence electrons. The Hall–Kier alpha value is -1.02. The molecule has 4 unspecified atom stereocenters. The van der Waals surface area contributed by atoms with Gasteiger partial charge in [0.15, 0.2) is 0 Å². The van der Waals surface area contributed by atoms with Crippen LogP contribution in [0.25, 0.3) is 0 Å². The van der Waals surface area contributed by atoms with Crippen molar-refractivity contribution in [3.8, 4) is 5.75 Å². The summed E-state index contributed by atoms with van der Waals surface area (Å²) in [5, 5.41) is 3.79. The minimum Gasteiger partial charge on any atom is -0.493 e. The summed E-state index contributed by atoms with van der Waals surface area (Å²) in [6, 6.07) is 9.30. The third kappa shape index (κ3) is 3.26. The summed E-state index contributed by atoms with van der Waals surface area (Å²) >= 11 is 0. The van der Waals surface area contributed by atoms with Gasteiger partial charge in [-0.3, -0.25) is 0 Å². The van der Waals surface area contributed by atoms with E-state index in [9.17, 15) is 0 Å². The van der Waals surface area contributed by atoms with Crippen molar-refractivity contribution in [1.82, 2.24) is 5.32 Å². The minimum atomic E-state index is 0.659. The van der Waals surface area contributed by atoms with Gasteiger partial charge >= 0.3 is 0 Å². The lowest BCUT2D eigenvalue weighted by Crippen LogP contribution is -2.39. The Morgan fingerprint density at radius 2 is 2.10 bits per heavy atom. The summed E-state index contributed by atoms with van der Waals surface area (Å²) in [7, 11) is 0. The van der Waals surface area contributed by atoms with Gasteiger partial charge in [0.25, 0.3) is 0 Å². The molecule has 1 aliphatic heterocycles. The lowest BCUT2D eigenvalue weighted by Gasteiger charge is -2.33. The third-order valence-electron chi connectivity index (χ3n) is 5.53. The van der Waals surface area contributed by atoms with Crippen LogP contribution in [0, 0.1) is 11.8 Å². The van der Waals surface area contributed by atoms with Gasteiger partial charge in [-0.25, -0.2) is 0 Å². The Balaban J connectivity index is 1.74. The molecule has 1 heterocycles. The summed E-state index contributed by atoms with van der Waals surface area (Å²) < 4.78 is 5.82. The van der Waals surface area contributed by atoms with Crippen LogP contribution in [0.15, 0.2) is 24.3 Å². The zero-order chi connectivity index (χ0) is 14.7. The first-order valence-corrected chi connectivity index (χ1v) is 8.74. The summed E-state index contributed by atoms with van der Waals surface area (Å²) in [6.45, 7) is 6.64. The predicted molar refractivity (Wildman–Crippen MR) is 87.9 cm³/mol. The normalized spacial score (nSPS) is 29.7. The Morgan fingerprint density at radius 1 is 1.24 bits per heavy atom. The maximum absolute atomic E-state index is 5.82. The van der Waals surface area contributed by atoms with Crippen LogP contribution in [-0.2, 0) is 0 Å².